The Morgan fingerprint density at radius 1 is 1.42 bits per heavy atom. The van der Waals surface area contributed by atoms with Crippen LogP contribution in [-0.2, 0) is 23.1 Å². The highest BCUT2D eigenvalue weighted by atomic mass is 16.5. The van der Waals surface area contributed by atoms with E-state index in [4.69, 9.17) is 9.47 Å². The standard InChI is InChI=1S/C16H30N6O2/c1-4-17-16(19-11-15-21-20-13(2)22(15)3)18-8-6-9-23-12-14-7-5-10-24-14/h14H,4-12H2,1-3H3,(H2,17,18,19). The quantitative estimate of drug-likeness (QED) is 0.393. The van der Waals surface area contributed by atoms with Crippen LogP contribution in [-0.4, -0.2) is 59.7 Å². The van der Waals surface area contributed by atoms with Crippen molar-refractivity contribution >= 4 is 5.96 Å². The Labute approximate surface area is 144 Å². The maximum absolute atomic E-state index is 5.66. The maximum Gasteiger partial charge on any atom is 0.191 e. The molecule has 0 spiro atoms. The lowest BCUT2D eigenvalue weighted by Gasteiger charge is -2.12. The highest BCUT2D eigenvalue weighted by molar-refractivity contribution is 5.79. The van der Waals surface area contributed by atoms with Crippen molar-refractivity contribution in [3.63, 3.8) is 0 Å². The largest absolute Gasteiger partial charge is 0.379 e. The number of hydrogen-bond donors (Lipinski definition) is 2. The van der Waals surface area contributed by atoms with Gasteiger partial charge < -0.3 is 24.7 Å². The van der Waals surface area contributed by atoms with E-state index < -0.39 is 0 Å². The molecular formula is C16H30N6O2. The van der Waals surface area contributed by atoms with E-state index >= 15 is 0 Å². The molecule has 0 radical (unpaired) electrons. The Bertz CT molecular complexity index is 511. The number of nitrogens with zero attached hydrogens (tertiary/aromatic N) is 4. The van der Waals surface area contributed by atoms with Crippen molar-refractivity contribution in [2.24, 2.45) is 12.0 Å². The van der Waals surface area contributed by atoms with Crippen molar-refractivity contribution < 1.29 is 9.47 Å². The normalized spacial score (nSPS) is 18.1. The second-order valence-corrected chi connectivity index (χ2v) is 5.91. The van der Waals surface area contributed by atoms with Crippen molar-refractivity contribution in [3.8, 4) is 0 Å². The molecule has 2 heterocycles. The summed E-state index contributed by atoms with van der Waals surface area (Å²) in [4.78, 5) is 4.55. The molecule has 0 bridgehead atoms. The Balaban J connectivity index is 1.64. The molecule has 8 nitrogen and oxygen atoms in total. The van der Waals surface area contributed by atoms with Crippen molar-refractivity contribution in [2.75, 3.05) is 32.9 Å². The molecular weight excluding hydrogens is 308 g/mol. The molecule has 1 aliphatic heterocycles. The molecule has 1 atom stereocenters. The SMILES string of the molecule is CCNC(=NCc1nnc(C)n1C)NCCCOCC1CCCO1. The van der Waals surface area contributed by atoms with Gasteiger partial charge in [0.25, 0.3) is 0 Å². The van der Waals surface area contributed by atoms with E-state index in [1.165, 1.54) is 0 Å². The van der Waals surface area contributed by atoms with Crippen LogP contribution >= 0.6 is 0 Å². The minimum atomic E-state index is 0.298. The van der Waals surface area contributed by atoms with Crippen molar-refractivity contribution in [1.29, 1.82) is 0 Å². The van der Waals surface area contributed by atoms with Crippen molar-refractivity contribution in [1.82, 2.24) is 25.4 Å². The van der Waals surface area contributed by atoms with Gasteiger partial charge in [-0.15, -0.1) is 10.2 Å². The number of aliphatic imine (C=N–C) groups is 1. The zero-order valence-corrected chi connectivity index (χ0v) is 15.0. The summed E-state index contributed by atoms with van der Waals surface area (Å²) in [7, 11) is 1.95. The van der Waals surface area contributed by atoms with Crippen LogP contribution in [0.2, 0.25) is 0 Å². The first-order chi connectivity index (χ1) is 11.7. The molecule has 1 aromatic heterocycles. The van der Waals surface area contributed by atoms with Crippen LogP contribution in [0.1, 0.15) is 37.8 Å². The van der Waals surface area contributed by atoms with E-state index in [-0.39, 0.29) is 0 Å². The number of guanidine groups is 1. The van der Waals surface area contributed by atoms with Gasteiger partial charge in [0.2, 0.25) is 0 Å². The van der Waals surface area contributed by atoms with E-state index in [1.807, 2.05) is 25.5 Å². The van der Waals surface area contributed by atoms with Crippen molar-refractivity contribution in [2.45, 2.75) is 45.8 Å². The molecule has 136 valence electrons. The molecule has 24 heavy (non-hydrogen) atoms. The monoisotopic (exact) mass is 338 g/mol. The van der Waals surface area contributed by atoms with E-state index in [9.17, 15) is 0 Å². The summed E-state index contributed by atoms with van der Waals surface area (Å²) in [6.07, 6.45) is 3.51. The fraction of sp³-hybridized carbons (Fsp3) is 0.812. The number of aryl methyl sites for hydroxylation is 1. The number of nitrogens with one attached hydrogen (secondary N) is 2. The van der Waals surface area contributed by atoms with Crippen LogP contribution in [0.5, 0.6) is 0 Å². The van der Waals surface area contributed by atoms with Gasteiger partial charge in [-0.2, -0.15) is 0 Å². The minimum Gasteiger partial charge on any atom is -0.379 e. The first kappa shape index (κ1) is 18.7. The molecule has 1 aromatic rings. The zero-order chi connectivity index (χ0) is 17.2. The second-order valence-electron chi connectivity index (χ2n) is 5.91. The van der Waals surface area contributed by atoms with Gasteiger partial charge in [0.15, 0.2) is 11.8 Å². The van der Waals surface area contributed by atoms with E-state index in [0.29, 0.717) is 19.3 Å². The first-order valence-electron chi connectivity index (χ1n) is 8.77. The fourth-order valence-corrected chi connectivity index (χ4v) is 2.45. The molecule has 0 amide bonds. The minimum absolute atomic E-state index is 0.298. The van der Waals surface area contributed by atoms with Crippen LogP contribution in [0.4, 0.5) is 0 Å². The summed E-state index contributed by atoms with van der Waals surface area (Å²) >= 11 is 0. The third-order valence-electron chi connectivity index (χ3n) is 3.99. The van der Waals surface area contributed by atoms with Gasteiger partial charge in [-0.25, -0.2) is 4.99 Å². The average Bonchev–Trinajstić information content (AvgIpc) is 3.20. The fourth-order valence-electron chi connectivity index (χ4n) is 2.45. The van der Waals surface area contributed by atoms with Crippen LogP contribution in [0, 0.1) is 6.92 Å². The third kappa shape index (κ3) is 6.09. The first-order valence-corrected chi connectivity index (χ1v) is 8.77. The summed E-state index contributed by atoms with van der Waals surface area (Å²) in [5, 5.41) is 14.7. The predicted molar refractivity (Wildman–Crippen MR) is 93.0 cm³/mol. The molecule has 2 rings (SSSR count). The average molecular weight is 338 g/mol. The summed E-state index contributed by atoms with van der Waals surface area (Å²) in [5.74, 6) is 2.53. The molecule has 2 N–H and O–H groups in total. The lowest BCUT2D eigenvalue weighted by Crippen LogP contribution is -2.38. The highest BCUT2D eigenvalue weighted by Crippen LogP contribution is 2.11. The van der Waals surface area contributed by atoms with Crippen LogP contribution < -0.4 is 10.6 Å². The Hall–Kier alpha value is -1.67. The van der Waals surface area contributed by atoms with Crippen LogP contribution in [0.3, 0.4) is 0 Å². The summed E-state index contributed by atoms with van der Waals surface area (Å²) in [5.41, 5.74) is 0. The zero-order valence-electron chi connectivity index (χ0n) is 15.0. The van der Waals surface area contributed by atoms with Gasteiger partial charge >= 0.3 is 0 Å². The molecule has 1 aliphatic rings. The Morgan fingerprint density at radius 2 is 2.29 bits per heavy atom. The number of aromatic nitrogens is 3. The predicted octanol–water partition coefficient (Wildman–Crippen LogP) is 0.764. The summed E-state index contributed by atoms with van der Waals surface area (Å²) < 4.78 is 13.1. The Kier molecular flexibility index (Phi) is 7.97. The Morgan fingerprint density at radius 3 is 2.96 bits per heavy atom. The number of ether oxygens (including phenoxy) is 2. The molecule has 8 heteroatoms. The van der Waals surface area contributed by atoms with Gasteiger partial charge in [0.1, 0.15) is 12.4 Å². The van der Waals surface area contributed by atoms with Crippen LogP contribution in [0.25, 0.3) is 0 Å². The summed E-state index contributed by atoms with van der Waals surface area (Å²) in [6, 6.07) is 0. The second kappa shape index (κ2) is 10.2. The maximum atomic E-state index is 5.66. The molecule has 0 saturated carbocycles. The highest BCUT2D eigenvalue weighted by Gasteiger charge is 2.14. The lowest BCUT2D eigenvalue weighted by atomic mass is 10.2. The smallest absolute Gasteiger partial charge is 0.191 e. The van der Waals surface area contributed by atoms with Gasteiger partial charge in [-0.1, -0.05) is 0 Å². The molecule has 1 unspecified atom stereocenters. The topological polar surface area (TPSA) is 85.6 Å². The number of hydrogen-bond acceptors (Lipinski definition) is 5. The van der Waals surface area contributed by atoms with E-state index in [2.05, 4.69) is 25.8 Å². The van der Waals surface area contributed by atoms with Crippen LogP contribution in [0.15, 0.2) is 4.99 Å². The lowest BCUT2D eigenvalue weighted by molar-refractivity contribution is 0.0168. The summed E-state index contributed by atoms with van der Waals surface area (Å²) in [6.45, 7) is 8.43. The number of rotatable bonds is 9. The van der Waals surface area contributed by atoms with Gasteiger partial charge in [0, 0.05) is 33.4 Å². The van der Waals surface area contributed by atoms with Gasteiger partial charge in [-0.3, -0.25) is 0 Å². The van der Waals surface area contributed by atoms with Crippen molar-refractivity contribution in [3.05, 3.63) is 11.6 Å². The third-order valence-corrected chi connectivity index (χ3v) is 3.99. The molecule has 0 aliphatic carbocycles. The van der Waals surface area contributed by atoms with E-state index in [1.54, 1.807) is 0 Å². The molecule has 0 aromatic carbocycles. The molecule has 1 saturated heterocycles. The van der Waals surface area contributed by atoms with E-state index in [0.717, 1.165) is 63.2 Å². The molecule has 1 fully saturated rings. The van der Waals surface area contributed by atoms with Gasteiger partial charge in [0.05, 0.1) is 12.7 Å². The van der Waals surface area contributed by atoms with Gasteiger partial charge in [-0.05, 0) is 33.1 Å².